The molecule has 1 rings (SSSR count). The smallest absolute Gasteiger partial charge is 0.331 e. The molecule has 0 saturated heterocycles. The predicted molar refractivity (Wildman–Crippen MR) is 59.0 cm³/mol. The van der Waals surface area contributed by atoms with Crippen LogP contribution in [0.5, 0.6) is 5.75 Å². The fourth-order valence-electron chi connectivity index (χ4n) is 1.14. The lowest BCUT2D eigenvalue weighted by molar-refractivity contribution is -0.132. The standard InChI is InChI=1S/C11H11ClO3/c1-2-7(11(14)15)5-8-3-4-9(13)6-10(8)12/h3-6,13H,2H2,1H3,(H,14,15). The molecule has 0 unspecified atom stereocenters. The molecule has 1 aromatic rings. The Balaban J connectivity index is 3.12. The minimum atomic E-state index is -0.957. The highest BCUT2D eigenvalue weighted by Crippen LogP contribution is 2.24. The van der Waals surface area contributed by atoms with E-state index in [1.165, 1.54) is 18.2 Å². The van der Waals surface area contributed by atoms with Crippen molar-refractivity contribution in [3.05, 3.63) is 34.4 Å². The fourth-order valence-corrected chi connectivity index (χ4v) is 1.37. The second-order valence-corrected chi connectivity index (χ2v) is 3.44. The maximum Gasteiger partial charge on any atom is 0.331 e. The molecule has 4 heteroatoms. The number of aromatic hydroxyl groups is 1. The number of phenols is 1. The number of halogens is 1. The topological polar surface area (TPSA) is 57.5 Å². The van der Waals surface area contributed by atoms with Crippen molar-refractivity contribution in [1.82, 2.24) is 0 Å². The van der Waals surface area contributed by atoms with E-state index in [4.69, 9.17) is 21.8 Å². The third-order valence-corrected chi connectivity index (χ3v) is 2.30. The molecule has 2 N–H and O–H groups in total. The lowest BCUT2D eigenvalue weighted by Crippen LogP contribution is -1.98. The molecule has 0 fully saturated rings. The van der Waals surface area contributed by atoms with Crippen LogP contribution in [0.3, 0.4) is 0 Å². The van der Waals surface area contributed by atoms with Crippen LogP contribution in [0, 0.1) is 0 Å². The molecule has 0 radical (unpaired) electrons. The summed E-state index contributed by atoms with van der Waals surface area (Å²) in [5, 5.41) is 18.3. The van der Waals surface area contributed by atoms with Gasteiger partial charge in [0.25, 0.3) is 0 Å². The summed E-state index contributed by atoms with van der Waals surface area (Å²) in [4.78, 5) is 10.8. The lowest BCUT2D eigenvalue weighted by Gasteiger charge is -2.01. The monoisotopic (exact) mass is 226 g/mol. The average molecular weight is 227 g/mol. The highest BCUT2D eigenvalue weighted by molar-refractivity contribution is 6.32. The molecule has 0 atom stereocenters. The molecule has 0 aliphatic rings. The van der Waals surface area contributed by atoms with E-state index in [0.717, 1.165) is 0 Å². The van der Waals surface area contributed by atoms with Crippen LogP contribution in [0.2, 0.25) is 5.02 Å². The van der Waals surface area contributed by atoms with Gasteiger partial charge in [0.15, 0.2) is 0 Å². The summed E-state index contributed by atoms with van der Waals surface area (Å²) in [6.07, 6.45) is 1.93. The van der Waals surface area contributed by atoms with Crippen LogP contribution in [0.25, 0.3) is 6.08 Å². The highest BCUT2D eigenvalue weighted by Gasteiger charge is 2.06. The minimum absolute atomic E-state index is 0.0607. The highest BCUT2D eigenvalue weighted by atomic mass is 35.5. The molecule has 3 nitrogen and oxygen atoms in total. The summed E-state index contributed by atoms with van der Waals surface area (Å²) in [5.74, 6) is -0.896. The molecule has 0 spiro atoms. The zero-order valence-corrected chi connectivity index (χ0v) is 8.95. The van der Waals surface area contributed by atoms with Gasteiger partial charge in [0.2, 0.25) is 0 Å². The van der Waals surface area contributed by atoms with E-state index in [0.29, 0.717) is 17.0 Å². The Morgan fingerprint density at radius 2 is 2.20 bits per heavy atom. The third-order valence-electron chi connectivity index (χ3n) is 1.97. The second kappa shape index (κ2) is 4.84. The van der Waals surface area contributed by atoms with Gasteiger partial charge in [0.1, 0.15) is 5.75 Å². The number of carbonyl (C=O) groups is 1. The van der Waals surface area contributed by atoms with Gasteiger partial charge in [-0.05, 0) is 36.3 Å². The molecule has 0 amide bonds. The molecule has 0 aromatic heterocycles. The molecule has 15 heavy (non-hydrogen) atoms. The molecule has 80 valence electrons. The van der Waals surface area contributed by atoms with Crippen LogP contribution < -0.4 is 0 Å². The number of carboxylic acids is 1. The van der Waals surface area contributed by atoms with Gasteiger partial charge in [-0.25, -0.2) is 4.79 Å². The van der Waals surface area contributed by atoms with Gasteiger partial charge in [-0.15, -0.1) is 0 Å². The number of aliphatic carboxylic acids is 1. The summed E-state index contributed by atoms with van der Waals surface area (Å²) in [5.41, 5.74) is 0.872. The van der Waals surface area contributed by atoms with Gasteiger partial charge in [0, 0.05) is 5.57 Å². The molecular weight excluding hydrogens is 216 g/mol. The van der Waals surface area contributed by atoms with Crippen LogP contribution in [0.1, 0.15) is 18.9 Å². The SMILES string of the molecule is CCC(=Cc1ccc(O)cc1Cl)C(=O)O. The summed E-state index contributed by atoms with van der Waals surface area (Å²) in [7, 11) is 0. The number of hydrogen-bond donors (Lipinski definition) is 2. The first-order valence-corrected chi connectivity index (χ1v) is 4.84. The number of rotatable bonds is 3. The lowest BCUT2D eigenvalue weighted by atomic mass is 10.1. The molecular formula is C11H11ClO3. The first kappa shape index (κ1) is 11.6. The molecule has 0 bridgehead atoms. The van der Waals surface area contributed by atoms with Crippen LogP contribution in [-0.2, 0) is 4.79 Å². The van der Waals surface area contributed by atoms with E-state index < -0.39 is 5.97 Å². The first-order chi connectivity index (χ1) is 7.04. The molecule has 0 saturated carbocycles. The largest absolute Gasteiger partial charge is 0.508 e. The maximum absolute atomic E-state index is 10.8. The number of carboxylic acid groups (broad SMARTS) is 1. The third kappa shape index (κ3) is 2.99. The Kier molecular flexibility index (Phi) is 3.74. The van der Waals surface area contributed by atoms with Crippen molar-refractivity contribution < 1.29 is 15.0 Å². The van der Waals surface area contributed by atoms with E-state index >= 15 is 0 Å². The van der Waals surface area contributed by atoms with Crippen LogP contribution in [0.4, 0.5) is 0 Å². The maximum atomic E-state index is 10.8. The summed E-state index contributed by atoms with van der Waals surface area (Å²) >= 11 is 5.84. The quantitative estimate of drug-likeness (QED) is 0.780. The van der Waals surface area contributed by atoms with Crippen LogP contribution in [-0.4, -0.2) is 16.2 Å². The Bertz CT molecular complexity index is 410. The Hall–Kier alpha value is -1.48. The van der Waals surface area contributed by atoms with E-state index in [-0.39, 0.29) is 11.3 Å². The Morgan fingerprint density at radius 1 is 1.53 bits per heavy atom. The van der Waals surface area contributed by atoms with Gasteiger partial charge in [-0.3, -0.25) is 0 Å². The molecule has 0 heterocycles. The second-order valence-electron chi connectivity index (χ2n) is 3.03. The van der Waals surface area contributed by atoms with E-state index in [1.807, 2.05) is 0 Å². The van der Waals surface area contributed by atoms with Gasteiger partial charge in [-0.1, -0.05) is 18.5 Å². The van der Waals surface area contributed by atoms with E-state index in [1.54, 1.807) is 13.0 Å². The van der Waals surface area contributed by atoms with Gasteiger partial charge >= 0.3 is 5.97 Å². The average Bonchev–Trinajstić information content (AvgIpc) is 2.16. The van der Waals surface area contributed by atoms with Crippen molar-refractivity contribution in [2.24, 2.45) is 0 Å². The summed E-state index contributed by atoms with van der Waals surface area (Å²) in [6.45, 7) is 1.76. The first-order valence-electron chi connectivity index (χ1n) is 4.47. The van der Waals surface area contributed by atoms with Gasteiger partial charge in [0.05, 0.1) is 5.02 Å². The normalized spacial score (nSPS) is 11.5. The Labute approximate surface area is 92.6 Å². The van der Waals surface area contributed by atoms with E-state index in [2.05, 4.69) is 0 Å². The van der Waals surface area contributed by atoms with Crippen molar-refractivity contribution in [3.8, 4) is 5.75 Å². The summed E-state index contributed by atoms with van der Waals surface area (Å²) in [6, 6.07) is 4.42. The van der Waals surface area contributed by atoms with Crippen molar-refractivity contribution in [1.29, 1.82) is 0 Å². The number of benzene rings is 1. The van der Waals surface area contributed by atoms with Crippen molar-refractivity contribution >= 4 is 23.6 Å². The molecule has 0 aliphatic heterocycles. The zero-order valence-electron chi connectivity index (χ0n) is 8.20. The van der Waals surface area contributed by atoms with E-state index in [9.17, 15) is 4.79 Å². The van der Waals surface area contributed by atoms with Gasteiger partial charge in [-0.2, -0.15) is 0 Å². The van der Waals surface area contributed by atoms with Crippen molar-refractivity contribution in [3.63, 3.8) is 0 Å². The number of phenolic OH excluding ortho intramolecular Hbond substituents is 1. The Morgan fingerprint density at radius 3 is 2.67 bits per heavy atom. The molecule has 0 aliphatic carbocycles. The van der Waals surface area contributed by atoms with Crippen molar-refractivity contribution in [2.45, 2.75) is 13.3 Å². The number of hydrogen-bond acceptors (Lipinski definition) is 2. The minimum Gasteiger partial charge on any atom is -0.508 e. The molecule has 1 aromatic carbocycles. The zero-order chi connectivity index (χ0) is 11.4. The fraction of sp³-hybridized carbons (Fsp3) is 0.182. The van der Waals surface area contributed by atoms with Gasteiger partial charge < -0.3 is 10.2 Å². The van der Waals surface area contributed by atoms with Crippen molar-refractivity contribution in [2.75, 3.05) is 0 Å². The predicted octanol–water partition coefficient (Wildman–Crippen LogP) is 2.92. The van der Waals surface area contributed by atoms with Crippen LogP contribution >= 0.6 is 11.6 Å². The summed E-state index contributed by atoms with van der Waals surface area (Å²) < 4.78 is 0. The van der Waals surface area contributed by atoms with Crippen LogP contribution in [0.15, 0.2) is 23.8 Å².